The van der Waals surface area contributed by atoms with E-state index in [0.717, 1.165) is 31.7 Å². The molecule has 0 N–H and O–H groups in total. The van der Waals surface area contributed by atoms with E-state index in [1.54, 1.807) is 13.2 Å². The molecule has 1 atom stereocenters. The summed E-state index contributed by atoms with van der Waals surface area (Å²) < 4.78 is 10.5. The lowest BCUT2D eigenvalue weighted by atomic mass is 10.1. The Bertz CT molecular complexity index is 861. The largest absolute Gasteiger partial charge is 0.493 e. The van der Waals surface area contributed by atoms with Gasteiger partial charge in [-0.1, -0.05) is 35.9 Å². The fourth-order valence-corrected chi connectivity index (χ4v) is 3.68. The molecule has 1 fully saturated rings. The number of rotatable bonds is 6. The molecule has 0 amide bonds. The Morgan fingerprint density at radius 2 is 1.90 bits per heavy atom. The van der Waals surface area contributed by atoms with Crippen LogP contribution in [-0.2, 0) is 4.79 Å². The Hall–Kier alpha value is -2.79. The number of aryl methyl sites for hydroxylation is 1. The van der Waals surface area contributed by atoms with Crippen LogP contribution in [0.1, 0.15) is 25.0 Å². The van der Waals surface area contributed by atoms with Crippen molar-refractivity contribution in [2.24, 2.45) is 0 Å². The van der Waals surface area contributed by atoms with Crippen molar-refractivity contribution in [2.75, 3.05) is 38.2 Å². The number of hydrogen-bond donors (Lipinski definition) is 0. The first-order valence-electron chi connectivity index (χ1n) is 10.0. The molecule has 1 saturated heterocycles. The van der Waals surface area contributed by atoms with Gasteiger partial charge in [0, 0.05) is 44.8 Å². The lowest BCUT2D eigenvalue weighted by molar-refractivity contribution is -0.132. The van der Waals surface area contributed by atoms with Crippen LogP contribution < -0.4 is 14.4 Å². The summed E-state index contributed by atoms with van der Waals surface area (Å²) in [6, 6.07) is 14.8. The standard InChI is InChI=1S/C24H30N2O3/c1-18-7-10-22(11-8-18)26-15-14-25(17-19(26)2)13-5-6-21-9-12-23(29-20(3)27)24(16-21)28-4/h5-12,16,19H,13-15,17H2,1-4H3. The molecule has 0 spiro atoms. The van der Waals surface area contributed by atoms with E-state index in [0.29, 0.717) is 17.5 Å². The average Bonchev–Trinajstić information content (AvgIpc) is 2.69. The molecule has 3 rings (SSSR count). The minimum Gasteiger partial charge on any atom is -0.493 e. The molecular formula is C24H30N2O3. The van der Waals surface area contributed by atoms with E-state index in [9.17, 15) is 4.79 Å². The first-order chi connectivity index (χ1) is 14.0. The van der Waals surface area contributed by atoms with Crippen LogP contribution in [0.3, 0.4) is 0 Å². The van der Waals surface area contributed by atoms with Gasteiger partial charge in [-0.3, -0.25) is 9.69 Å². The molecule has 2 aromatic carbocycles. The Morgan fingerprint density at radius 1 is 1.14 bits per heavy atom. The average molecular weight is 395 g/mol. The molecule has 1 aliphatic rings. The summed E-state index contributed by atoms with van der Waals surface area (Å²) in [4.78, 5) is 16.1. The molecule has 1 heterocycles. The van der Waals surface area contributed by atoms with Crippen molar-refractivity contribution in [2.45, 2.75) is 26.8 Å². The summed E-state index contributed by atoms with van der Waals surface area (Å²) in [5.41, 5.74) is 3.62. The quantitative estimate of drug-likeness (QED) is 0.544. The van der Waals surface area contributed by atoms with Crippen molar-refractivity contribution in [3.63, 3.8) is 0 Å². The van der Waals surface area contributed by atoms with Gasteiger partial charge in [0.25, 0.3) is 0 Å². The fourth-order valence-electron chi connectivity index (χ4n) is 3.68. The Kier molecular flexibility index (Phi) is 6.94. The number of benzene rings is 2. The number of ether oxygens (including phenoxy) is 2. The fraction of sp³-hybridized carbons (Fsp3) is 0.375. The van der Waals surface area contributed by atoms with E-state index < -0.39 is 0 Å². The van der Waals surface area contributed by atoms with Gasteiger partial charge in [0.1, 0.15) is 0 Å². The van der Waals surface area contributed by atoms with Gasteiger partial charge in [0.2, 0.25) is 0 Å². The first-order valence-corrected chi connectivity index (χ1v) is 10.0. The van der Waals surface area contributed by atoms with Crippen molar-refractivity contribution in [3.8, 4) is 11.5 Å². The van der Waals surface area contributed by atoms with Gasteiger partial charge in [-0.05, 0) is 43.7 Å². The molecule has 1 unspecified atom stereocenters. The van der Waals surface area contributed by atoms with Gasteiger partial charge in [-0.2, -0.15) is 0 Å². The highest BCUT2D eigenvalue weighted by Crippen LogP contribution is 2.28. The van der Waals surface area contributed by atoms with Crippen LogP contribution in [0.5, 0.6) is 11.5 Å². The number of piperazine rings is 1. The molecule has 0 aromatic heterocycles. The maximum Gasteiger partial charge on any atom is 0.308 e. The maximum absolute atomic E-state index is 11.2. The number of esters is 1. The van der Waals surface area contributed by atoms with Crippen LogP contribution in [0.25, 0.3) is 6.08 Å². The molecule has 0 aliphatic carbocycles. The highest BCUT2D eigenvalue weighted by Gasteiger charge is 2.23. The van der Waals surface area contributed by atoms with Crippen LogP contribution >= 0.6 is 0 Å². The second-order valence-corrected chi connectivity index (χ2v) is 7.54. The molecule has 29 heavy (non-hydrogen) atoms. The smallest absolute Gasteiger partial charge is 0.308 e. The van der Waals surface area contributed by atoms with Crippen molar-refractivity contribution in [1.29, 1.82) is 0 Å². The van der Waals surface area contributed by atoms with Crippen molar-refractivity contribution in [3.05, 3.63) is 59.7 Å². The van der Waals surface area contributed by atoms with Crippen LogP contribution in [0.4, 0.5) is 5.69 Å². The molecule has 0 radical (unpaired) electrons. The number of carbonyl (C=O) groups excluding carboxylic acids is 1. The minimum atomic E-state index is -0.356. The summed E-state index contributed by atoms with van der Waals surface area (Å²) in [5, 5.41) is 0. The second kappa shape index (κ2) is 9.61. The topological polar surface area (TPSA) is 42.0 Å². The van der Waals surface area contributed by atoms with Gasteiger partial charge in [-0.15, -0.1) is 0 Å². The molecule has 1 aliphatic heterocycles. The summed E-state index contributed by atoms with van der Waals surface area (Å²) in [6.07, 6.45) is 4.26. The van der Waals surface area contributed by atoms with Crippen LogP contribution in [0, 0.1) is 6.92 Å². The first kappa shape index (κ1) is 20.9. The van der Waals surface area contributed by atoms with Crippen molar-refractivity contribution < 1.29 is 14.3 Å². The highest BCUT2D eigenvalue weighted by atomic mass is 16.6. The summed E-state index contributed by atoms with van der Waals surface area (Å²) in [5.74, 6) is 0.645. The minimum absolute atomic E-state index is 0.356. The molecular weight excluding hydrogens is 364 g/mol. The SMILES string of the molecule is COc1cc(C=CCN2CCN(c3ccc(C)cc3)C(C)C2)ccc1OC(C)=O. The monoisotopic (exact) mass is 394 g/mol. The van der Waals surface area contributed by atoms with Gasteiger partial charge in [-0.25, -0.2) is 0 Å². The Morgan fingerprint density at radius 3 is 2.55 bits per heavy atom. The number of methoxy groups -OCH3 is 1. The van der Waals surface area contributed by atoms with Crippen LogP contribution in [0.2, 0.25) is 0 Å². The van der Waals surface area contributed by atoms with Crippen molar-refractivity contribution >= 4 is 17.7 Å². The van der Waals surface area contributed by atoms with Gasteiger partial charge in [0.05, 0.1) is 7.11 Å². The van der Waals surface area contributed by atoms with Gasteiger partial charge >= 0.3 is 5.97 Å². The zero-order valence-electron chi connectivity index (χ0n) is 17.7. The lowest BCUT2D eigenvalue weighted by Crippen LogP contribution is -2.51. The maximum atomic E-state index is 11.2. The summed E-state index contributed by atoms with van der Waals surface area (Å²) in [6.45, 7) is 9.80. The van der Waals surface area contributed by atoms with E-state index in [1.165, 1.54) is 18.2 Å². The van der Waals surface area contributed by atoms with E-state index in [2.05, 4.69) is 60.1 Å². The van der Waals surface area contributed by atoms with Crippen LogP contribution in [0.15, 0.2) is 48.5 Å². The summed E-state index contributed by atoms with van der Waals surface area (Å²) in [7, 11) is 1.57. The zero-order valence-corrected chi connectivity index (χ0v) is 17.7. The third kappa shape index (κ3) is 5.61. The van der Waals surface area contributed by atoms with E-state index in [1.807, 2.05) is 12.1 Å². The molecule has 0 bridgehead atoms. The predicted molar refractivity (Wildman–Crippen MR) is 118 cm³/mol. The Labute approximate surface area is 173 Å². The number of carbonyl (C=O) groups is 1. The van der Waals surface area contributed by atoms with Crippen LogP contribution in [-0.4, -0.2) is 50.2 Å². The molecule has 154 valence electrons. The normalized spacial score (nSPS) is 17.5. The highest BCUT2D eigenvalue weighted by molar-refractivity contribution is 5.71. The van der Waals surface area contributed by atoms with E-state index in [-0.39, 0.29) is 5.97 Å². The number of anilines is 1. The van der Waals surface area contributed by atoms with E-state index in [4.69, 9.17) is 9.47 Å². The lowest BCUT2D eigenvalue weighted by Gasteiger charge is -2.41. The number of nitrogens with zero attached hydrogens (tertiary/aromatic N) is 2. The molecule has 0 saturated carbocycles. The Balaban J connectivity index is 1.56. The third-order valence-electron chi connectivity index (χ3n) is 5.19. The summed E-state index contributed by atoms with van der Waals surface area (Å²) >= 11 is 0. The second-order valence-electron chi connectivity index (χ2n) is 7.54. The number of hydrogen-bond acceptors (Lipinski definition) is 5. The predicted octanol–water partition coefficient (Wildman–Crippen LogP) is 4.15. The molecule has 5 heteroatoms. The van der Waals surface area contributed by atoms with Gasteiger partial charge in [0.15, 0.2) is 11.5 Å². The third-order valence-corrected chi connectivity index (χ3v) is 5.19. The van der Waals surface area contributed by atoms with Gasteiger partial charge < -0.3 is 14.4 Å². The molecule has 5 nitrogen and oxygen atoms in total. The van der Waals surface area contributed by atoms with E-state index >= 15 is 0 Å². The zero-order chi connectivity index (χ0) is 20.8. The van der Waals surface area contributed by atoms with Crippen molar-refractivity contribution in [1.82, 2.24) is 4.90 Å². The molecule has 2 aromatic rings.